The SMILES string of the molecule is COc1cc2nc(N(C)Cc3cccc(N4CCC(O)C4=O)c3)[nH]c(=O)c2c(OC)c1OC. The largest absolute Gasteiger partial charge is 0.493 e. The number of ether oxygens (including phenoxy) is 3. The van der Waals surface area contributed by atoms with Gasteiger partial charge in [-0.15, -0.1) is 0 Å². The molecule has 174 valence electrons. The summed E-state index contributed by atoms with van der Waals surface area (Å²) in [6, 6.07) is 9.14. The molecule has 0 spiro atoms. The van der Waals surface area contributed by atoms with Crippen LogP contribution in [0.15, 0.2) is 35.1 Å². The number of H-pyrrole nitrogens is 1. The molecule has 1 aromatic heterocycles. The number of nitrogens with zero attached hydrogens (tertiary/aromatic N) is 3. The second kappa shape index (κ2) is 8.99. The first-order valence-corrected chi connectivity index (χ1v) is 10.4. The van der Waals surface area contributed by atoms with Crippen molar-refractivity contribution in [1.29, 1.82) is 0 Å². The Hall–Kier alpha value is -3.79. The van der Waals surface area contributed by atoms with Crippen molar-refractivity contribution >= 4 is 28.4 Å². The Labute approximate surface area is 190 Å². The maximum atomic E-state index is 12.9. The molecule has 2 aromatic carbocycles. The van der Waals surface area contributed by atoms with E-state index in [0.29, 0.717) is 42.5 Å². The number of hydrogen-bond donors (Lipinski definition) is 2. The predicted molar refractivity (Wildman–Crippen MR) is 124 cm³/mol. The minimum atomic E-state index is -0.948. The molecule has 1 atom stereocenters. The molecule has 0 radical (unpaired) electrons. The molecule has 0 aliphatic carbocycles. The second-order valence-electron chi connectivity index (χ2n) is 7.75. The smallest absolute Gasteiger partial charge is 0.264 e. The van der Waals surface area contributed by atoms with Gasteiger partial charge in [-0.25, -0.2) is 4.98 Å². The fraction of sp³-hybridized carbons (Fsp3) is 0.348. The van der Waals surface area contributed by atoms with Crippen molar-refractivity contribution < 1.29 is 24.1 Å². The molecular formula is C23H26N4O6. The maximum Gasteiger partial charge on any atom is 0.264 e. The third-order valence-electron chi connectivity index (χ3n) is 5.67. The van der Waals surface area contributed by atoms with Crippen molar-refractivity contribution in [2.24, 2.45) is 0 Å². The van der Waals surface area contributed by atoms with E-state index in [-0.39, 0.29) is 22.6 Å². The lowest BCUT2D eigenvalue weighted by atomic mass is 10.1. The van der Waals surface area contributed by atoms with Crippen LogP contribution in [0.2, 0.25) is 0 Å². The van der Waals surface area contributed by atoms with Gasteiger partial charge < -0.3 is 29.1 Å². The van der Waals surface area contributed by atoms with E-state index in [1.54, 1.807) is 22.9 Å². The molecular weight excluding hydrogens is 428 g/mol. The van der Waals surface area contributed by atoms with Crippen molar-refractivity contribution in [3.05, 3.63) is 46.2 Å². The van der Waals surface area contributed by atoms with E-state index < -0.39 is 6.10 Å². The molecule has 10 heteroatoms. The number of fused-ring (bicyclic) bond motifs is 1. The lowest BCUT2D eigenvalue weighted by molar-refractivity contribution is -0.123. The summed E-state index contributed by atoms with van der Waals surface area (Å²) in [5, 5.41) is 10.0. The molecule has 2 N–H and O–H groups in total. The van der Waals surface area contributed by atoms with Gasteiger partial charge in [-0.2, -0.15) is 0 Å². The number of methoxy groups -OCH3 is 3. The summed E-state index contributed by atoms with van der Waals surface area (Å²) in [6.07, 6.45) is -0.529. The van der Waals surface area contributed by atoms with Gasteiger partial charge in [0.1, 0.15) is 11.5 Å². The number of carbonyl (C=O) groups is 1. The van der Waals surface area contributed by atoms with E-state index in [0.717, 1.165) is 11.3 Å². The normalized spacial score (nSPS) is 15.7. The molecule has 1 fully saturated rings. The number of amides is 1. The number of aromatic nitrogens is 2. The maximum absolute atomic E-state index is 12.9. The Morgan fingerprint density at radius 1 is 1.15 bits per heavy atom. The first-order chi connectivity index (χ1) is 15.9. The third kappa shape index (κ3) is 4.05. The molecule has 1 amide bonds. The summed E-state index contributed by atoms with van der Waals surface area (Å²) < 4.78 is 16.2. The number of carbonyl (C=O) groups excluding carboxylic acids is 1. The van der Waals surface area contributed by atoms with Crippen LogP contribution in [-0.4, -0.2) is 62.0 Å². The summed E-state index contributed by atoms with van der Waals surface area (Å²) >= 11 is 0. The van der Waals surface area contributed by atoms with Crippen LogP contribution in [0.4, 0.5) is 11.6 Å². The summed E-state index contributed by atoms with van der Waals surface area (Å²) in [6.45, 7) is 0.906. The molecule has 1 saturated heterocycles. The van der Waals surface area contributed by atoms with Gasteiger partial charge in [0.2, 0.25) is 11.7 Å². The van der Waals surface area contributed by atoms with E-state index in [2.05, 4.69) is 9.97 Å². The minimum absolute atomic E-state index is 0.250. The van der Waals surface area contributed by atoms with Crippen molar-refractivity contribution in [3.63, 3.8) is 0 Å². The van der Waals surface area contributed by atoms with E-state index in [4.69, 9.17) is 14.2 Å². The van der Waals surface area contributed by atoms with Gasteiger partial charge in [0.25, 0.3) is 11.5 Å². The van der Waals surface area contributed by atoms with Crippen LogP contribution >= 0.6 is 0 Å². The summed E-state index contributed by atoms with van der Waals surface area (Å²) in [4.78, 5) is 35.9. The highest BCUT2D eigenvalue weighted by atomic mass is 16.5. The van der Waals surface area contributed by atoms with Crippen LogP contribution in [0.25, 0.3) is 10.9 Å². The number of nitrogens with one attached hydrogen (secondary N) is 1. The number of aromatic amines is 1. The zero-order valence-electron chi connectivity index (χ0n) is 18.9. The number of aliphatic hydroxyl groups excluding tert-OH is 1. The van der Waals surface area contributed by atoms with Crippen molar-refractivity contribution in [3.8, 4) is 17.2 Å². The van der Waals surface area contributed by atoms with Crippen LogP contribution in [0.1, 0.15) is 12.0 Å². The number of rotatable bonds is 7. The lowest BCUT2D eigenvalue weighted by Crippen LogP contribution is -2.29. The lowest BCUT2D eigenvalue weighted by Gasteiger charge is -2.21. The van der Waals surface area contributed by atoms with Gasteiger partial charge in [0.05, 0.1) is 26.8 Å². The van der Waals surface area contributed by atoms with Crippen LogP contribution in [0.5, 0.6) is 17.2 Å². The molecule has 4 rings (SSSR count). The zero-order valence-corrected chi connectivity index (χ0v) is 18.9. The molecule has 0 saturated carbocycles. The molecule has 0 bridgehead atoms. The van der Waals surface area contributed by atoms with Crippen LogP contribution in [0, 0.1) is 0 Å². The fourth-order valence-electron chi connectivity index (χ4n) is 4.03. The molecule has 1 aliphatic rings. The predicted octanol–water partition coefficient (Wildman–Crippen LogP) is 1.68. The van der Waals surface area contributed by atoms with Crippen LogP contribution in [-0.2, 0) is 11.3 Å². The van der Waals surface area contributed by atoms with Gasteiger partial charge in [-0.05, 0) is 17.7 Å². The second-order valence-corrected chi connectivity index (χ2v) is 7.75. The molecule has 33 heavy (non-hydrogen) atoms. The molecule has 2 heterocycles. The number of aliphatic hydroxyl groups is 1. The first kappa shape index (κ1) is 22.4. The van der Waals surface area contributed by atoms with E-state index >= 15 is 0 Å². The van der Waals surface area contributed by atoms with E-state index in [9.17, 15) is 14.7 Å². The minimum Gasteiger partial charge on any atom is -0.493 e. The Morgan fingerprint density at radius 3 is 2.55 bits per heavy atom. The average molecular weight is 454 g/mol. The third-order valence-corrected chi connectivity index (χ3v) is 5.67. The molecule has 3 aromatic rings. The van der Waals surface area contributed by atoms with Crippen molar-refractivity contribution in [2.45, 2.75) is 19.1 Å². The Morgan fingerprint density at radius 2 is 1.91 bits per heavy atom. The van der Waals surface area contributed by atoms with Gasteiger partial charge in [-0.3, -0.25) is 14.6 Å². The standard InChI is InChI=1S/C23H26N4O6/c1-26(12-13-6-5-7-14(10-13)27-9-8-16(28)22(27)30)23-24-15-11-17(31-2)19(32-3)20(33-4)18(15)21(29)25-23/h5-7,10-11,16,28H,8-9,12H2,1-4H3,(H,24,25,29). The monoisotopic (exact) mass is 454 g/mol. The Balaban J connectivity index is 1.67. The van der Waals surface area contributed by atoms with E-state index in [1.807, 2.05) is 24.3 Å². The summed E-state index contributed by atoms with van der Waals surface area (Å²) in [7, 11) is 6.23. The van der Waals surface area contributed by atoms with Gasteiger partial charge in [0.15, 0.2) is 11.5 Å². The van der Waals surface area contributed by atoms with Crippen LogP contribution in [0.3, 0.4) is 0 Å². The van der Waals surface area contributed by atoms with E-state index in [1.165, 1.54) is 21.3 Å². The number of hydrogen-bond acceptors (Lipinski definition) is 8. The molecule has 10 nitrogen and oxygen atoms in total. The average Bonchev–Trinajstić information content (AvgIpc) is 3.15. The fourth-order valence-corrected chi connectivity index (χ4v) is 4.03. The van der Waals surface area contributed by atoms with Gasteiger partial charge >= 0.3 is 0 Å². The highest BCUT2D eigenvalue weighted by Gasteiger charge is 2.30. The summed E-state index contributed by atoms with van der Waals surface area (Å²) in [5.74, 6) is 1.04. The quantitative estimate of drug-likeness (QED) is 0.554. The molecule has 1 aliphatic heterocycles. The number of anilines is 2. The van der Waals surface area contributed by atoms with Crippen molar-refractivity contribution in [1.82, 2.24) is 9.97 Å². The molecule has 1 unspecified atom stereocenters. The number of benzene rings is 2. The van der Waals surface area contributed by atoms with Gasteiger partial charge in [0, 0.05) is 38.3 Å². The highest BCUT2D eigenvalue weighted by Crippen LogP contribution is 2.41. The zero-order chi connectivity index (χ0) is 23.7. The Bertz CT molecular complexity index is 1260. The topological polar surface area (TPSA) is 117 Å². The summed E-state index contributed by atoms with van der Waals surface area (Å²) in [5.41, 5.74) is 1.67. The van der Waals surface area contributed by atoms with Gasteiger partial charge in [-0.1, -0.05) is 12.1 Å². The first-order valence-electron chi connectivity index (χ1n) is 10.4. The van der Waals surface area contributed by atoms with Crippen molar-refractivity contribution in [2.75, 3.05) is 44.7 Å². The Kier molecular flexibility index (Phi) is 6.10. The van der Waals surface area contributed by atoms with Crippen LogP contribution < -0.4 is 29.6 Å². The highest BCUT2D eigenvalue weighted by molar-refractivity contribution is 5.98.